The van der Waals surface area contributed by atoms with Crippen molar-refractivity contribution in [1.29, 1.82) is 0 Å². The molecular formula is C13H11ClF2N2. The van der Waals surface area contributed by atoms with Gasteiger partial charge in [0, 0.05) is 0 Å². The van der Waals surface area contributed by atoms with E-state index in [9.17, 15) is 8.78 Å². The van der Waals surface area contributed by atoms with Crippen LogP contribution < -0.4 is 0 Å². The lowest BCUT2D eigenvalue weighted by Gasteiger charge is -2.10. The molecule has 0 fully saturated rings. The summed E-state index contributed by atoms with van der Waals surface area (Å²) in [5, 5.41) is 0.00139. The van der Waals surface area contributed by atoms with E-state index in [1.807, 2.05) is 0 Å². The first-order valence-corrected chi connectivity index (χ1v) is 5.75. The highest BCUT2D eigenvalue weighted by molar-refractivity contribution is 6.31. The van der Waals surface area contributed by atoms with Gasteiger partial charge >= 0.3 is 0 Å². The molecule has 0 spiro atoms. The van der Waals surface area contributed by atoms with Crippen LogP contribution in [0, 0.1) is 32.4 Å². The summed E-state index contributed by atoms with van der Waals surface area (Å²) in [6.07, 6.45) is 0. The molecule has 94 valence electrons. The maximum atomic E-state index is 14.0. The zero-order valence-corrected chi connectivity index (χ0v) is 10.9. The Kier molecular flexibility index (Phi) is 3.30. The van der Waals surface area contributed by atoms with Crippen molar-refractivity contribution in [1.82, 2.24) is 9.97 Å². The number of halogens is 3. The molecule has 2 rings (SSSR count). The number of aromatic nitrogens is 2. The van der Waals surface area contributed by atoms with Gasteiger partial charge in [-0.25, -0.2) is 18.7 Å². The number of benzene rings is 1. The second kappa shape index (κ2) is 4.61. The van der Waals surface area contributed by atoms with Gasteiger partial charge in [-0.3, -0.25) is 0 Å². The minimum Gasteiger partial charge on any atom is -0.248 e. The average Bonchev–Trinajstić information content (AvgIpc) is 2.31. The van der Waals surface area contributed by atoms with E-state index in [-0.39, 0.29) is 16.4 Å². The van der Waals surface area contributed by atoms with Crippen LogP contribution in [0.4, 0.5) is 8.78 Å². The van der Waals surface area contributed by atoms with Gasteiger partial charge in [0.05, 0.1) is 17.0 Å². The highest BCUT2D eigenvalue weighted by Crippen LogP contribution is 2.31. The van der Waals surface area contributed by atoms with Crippen molar-refractivity contribution in [2.45, 2.75) is 20.8 Å². The van der Waals surface area contributed by atoms with E-state index in [2.05, 4.69) is 9.97 Å². The second-order valence-corrected chi connectivity index (χ2v) is 4.45. The van der Waals surface area contributed by atoms with Gasteiger partial charge in [0.15, 0.2) is 5.15 Å². The van der Waals surface area contributed by atoms with Gasteiger partial charge in [0.1, 0.15) is 17.3 Å². The molecule has 0 aliphatic carbocycles. The molecule has 0 saturated heterocycles. The highest BCUT2D eigenvalue weighted by atomic mass is 35.5. The van der Waals surface area contributed by atoms with Crippen molar-refractivity contribution in [3.8, 4) is 11.3 Å². The molecule has 1 aromatic carbocycles. The average molecular weight is 269 g/mol. The Bertz CT molecular complexity index is 627. The molecule has 0 amide bonds. The van der Waals surface area contributed by atoms with E-state index in [4.69, 9.17) is 11.6 Å². The third-order valence-electron chi connectivity index (χ3n) is 2.79. The maximum Gasteiger partial charge on any atom is 0.155 e. The number of aryl methyl sites for hydroxylation is 3. The van der Waals surface area contributed by atoms with E-state index >= 15 is 0 Å². The van der Waals surface area contributed by atoms with Gasteiger partial charge in [-0.05, 0) is 32.4 Å². The second-order valence-electron chi connectivity index (χ2n) is 4.09. The van der Waals surface area contributed by atoms with E-state index in [1.165, 1.54) is 12.1 Å². The first-order chi connectivity index (χ1) is 8.41. The molecule has 0 N–H and O–H groups in total. The SMILES string of the molecule is Cc1ccc(F)c(-c2nc(C)c(C)nc2Cl)c1F. The number of rotatable bonds is 1. The summed E-state index contributed by atoms with van der Waals surface area (Å²) in [5.41, 5.74) is 1.38. The van der Waals surface area contributed by atoms with E-state index in [1.54, 1.807) is 20.8 Å². The maximum absolute atomic E-state index is 14.0. The van der Waals surface area contributed by atoms with E-state index < -0.39 is 11.6 Å². The van der Waals surface area contributed by atoms with Crippen LogP contribution in [0.5, 0.6) is 0 Å². The number of hydrogen-bond acceptors (Lipinski definition) is 2. The van der Waals surface area contributed by atoms with Gasteiger partial charge in [0.2, 0.25) is 0 Å². The molecule has 0 unspecified atom stereocenters. The van der Waals surface area contributed by atoms with Crippen LogP contribution in [0.25, 0.3) is 11.3 Å². The van der Waals surface area contributed by atoms with Crippen LogP contribution >= 0.6 is 11.6 Å². The van der Waals surface area contributed by atoms with Crippen LogP contribution in [0.1, 0.15) is 17.0 Å². The summed E-state index contributed by atoms with van der Waals surface area (Å²) in [7, 11) is 0. The molecule has 0 bridgehead atoms. The molecule has 5 heteroatoms. The zero-order valence-electron chi connectivity index (χ0n) is 10.2. The summed E-state index contributed by atoms with van der Waals surface area (Å²) in [5.74, 6) is -1.35. The largest absolute Gasteiger partial charge is 0.248 e. The number of nitrogens with zero attached hydrogens (tertiary/aromatic N) is 2. The molecule has 0 aliphatic heterocycles. The first kappa shape index (κ1) is 12.9. The summed E-state index contributed by atoms with van der Waals surface area (Å²) < 4.78 is 27.8. The topological polar surface area (TPSA) is 25.8 Å². The molecule has 0 atom stereocenters. The molecule has 1 heterocycles. The summed E-state index contributed by atoms with van der Waals surface area (Å²) in [6.45, 7) is 5.01. The molecule has 2 nitrogen and oxygen atoms in total. The highest BCUT2D eigenvalue weighted by Gasteiger charge is 2.19. The van der Waals surface area contributed by atoms with E-state index in [0.717, 1.165) is 0 Å². The third-order valence-corrected chi connectivity index (χ3v) is 3.05. The van der Waals surface area contributed by atoms with Crippen LogP contribution in [-0.4, -0.2) is 9.97 Å². The van der Waals surface area contributed by atoms with Gasteiger partial charge < -0.3 is 0 Å². The monoisotopic (exact) mass is 268 g/mol. The molecule has 0 aliphatic rings. The lowest BCUT2D eigenvalue weighted by Crippen LogP contribution is -2.01. The first-order valence-electron chi connectivity index (χ1n) is 5.37. The van der Waals surface area contributed by atoms with E-state index in [0.29, 0.717) is 17.0 Å². The van der Waals surface area contributed by atoms with Crippen molar-refractivity contribution >= 4 is 11.6 Å². The van der Waals surface area contributed by atoms with Crippen molar-refractivity contribution in [3.05, 3.63) is 45.9 Å². The fraction of sp³-hybridized carbons (Fsp3) is 0.231. The molecular weight excluding hydrogens is 258 g/mol. The third kappa shape index (κ3) is 2.08. The predicted molar refractivity (Wildman–Crippen MR) is 66.6 cm³/mol. The normalized spacial score (nSPS) is 10.8. The van der Waals surface area contributed by atoms with Crippen LogP contribution in [0.15, 0.2) is 12.1 Å². The summed E-state index contributed by atoms with van der Waals surface area (Å²) in [6, 6.07) is 2.57. The zero-order chi connectivity index (χ0) is 13.4. The van der Waals surface area contributed by atoms with Crippen molar-refractivity contribution in [2.75, 3.05) is 0 Å². The molecule has 0 radical (unpaired) electrons. The Morgan fingerprint density at radius 1 is 1.00 bits per heavy atom. The lowest BCUT2D eigenvalue weighted by atomic mass is 10.1. The fourth-order valence-corrected chi connectivity index (χ4v) is 1.87. The minimum absolute atomic E-state index is 0.00139. The van der Waals surface area contributed by atoms with Gasteiger partial charge in [0.25, 0.3) is 0 Å². The Morgan fingerprint density at radius 2 is 1.61 bits per heavy atom. The predicted octanol–water partition coefficient (Wildman–Crippen LogP) is 4.00. The Labute approximate surface area is 109 Å². The quantitative estimate of drug-likeness (QED) is 0.781. The Balaban J connectivity index is 2.77. The van der Waals surface area contributed by atoms with Crippen molar-refractivity contribution in [3.63, 3.8) is 0 Å². The van der Waals surface area contributed by atoms with Gasteiger partial charge in [-0.1, -0.05) is 17.7 Å². The van der Waals surface area contributed by atoms with Crippen molar-refractivity contribution in [2.24, 2.45) is 0 Å². The molecule has 1 aromatic heterocycles. The smallest absolute Gasteiger partial charge is 0.155 e. The summed E-state index contributed by atoms with van der Waals surface area (Å²) >= 11 is 5.93. The molecule has 0 saturated carbocycles. The standard InChI is InChI=1S/C13H11ClF2N2/c1-6-4-5-9(15)10(11(6)16)12-13(14)18-8(3)7(2)17-12/h4-5H,1-3H3. The fourth-order valence-electron chi connectivity index (χ4n) is 1.61. The van der Waals surface area contributed by atoms with Crippen LogP contribution in [0.3, 0.4) is 0 Å². The van der Waals surface area contributed by atoms with Gasteiger partial charge in [-0.15, -0.1) is 0 Å². The van der Waals surface area contributed by atoms with Crippen molar-refractivity contribution < 1.29 is 8.78 Å². The lowest BCUT2D eigenvalue weighted by molar-refractivity contribution is 0.582. The van der Waals surface area contributed by atoms with Gasteiger partial charge in [-0.2, -0.15) is 0 Å². The molecule has 2 aromatic rings. The minimum atomic E-state index is -0.697. The van der Waals surface area contributed by atoms with Crippen LogP contribution in [-0.2, 0) is 0 Å². The Morgan fingerprint density at radius 3 is 2.28 bits per heavy atom. The van der Waals surface area contributed by atoms with Crippen LogP contribution in [0.2, 0.25) is 5.15 Å². The summed E-state index contributed by atoms with van der Waals surface area (Å²) in [4.78, 5) is 8.16. The molecule has 18 heavy (non-hydrogen) atoms. The Hall–Kier alpha value is -1.55. The number of hydrogen-bond donors (Lipinski definition) is 0.